The molecule has 1 aliphatic rings. The molecule has 142 valence electrons. The number of hydrogen-bond donors (Lipinski definition) is 1. The Morgan fingerprint density at radius 2 is 1.79 bits per heavy atom. The van der Waals surface area contributed by atoms with E-state index in [0.717, 1.165) is 12.8 Å². The first kappa shape index (κ1) is 21.8. The maximum absolute atomic E-state index is 10.7. The van der Waals surface area contributed by atoms with Gasteiger partial charge in [0.15, 0.2) is 8.32 Å². The van der Waals surface area contributed by atoms with Gasteiger partial charge in [0.1, 0.15) is 12.9 Å². The van der Waals surface area contributed by atoms with E-state index in [1.54, 1.807) is 7.11 Å². The Kier molecular flexibility index (Phi) is 9.16. The third kappa shape index (κ3) is 6.96. The highest BCUT2D eigenvalue weighted by Gasteiger charge is 2.36. The number of ether oxygens (including phenoxy) is 2. The molecule has 0 aliphatic heterocycles. The fourth-order valence-corrected chi connectivity index (χ4v) is 3.77. The molecule has 24 heavy (non-hydrogen) atoms. The Morgan fingerprint density at radius 1 is 1.17 bits per heavy atom. The highest BCUT2D eigenvalue weighted by atomic mass is 28.4. The minimum Gasteiger partial charge on any atom is -0.413 e. The van der Waals surface area contributed by atoms with Crippen LogP contribution >= 0.6 is 0 Å². The summed E-state index contributed by atoms with van der Waals surface area (Å²) < 4.78 is 16.9. The van der Waals surface area contributed by atoms with Crippen molar-refractivity contribution in [2.75, 3.05) is 20.5 Å². The summed E-state index contributed by atoms with van der Waals surface area (Å²) in [6.45, 7) is 12.0. The molecule has 0 unspecified atom stereocenters. The van der Waals surface area contributed by atoms with Crippen molar-refractivity contribution < 1.29 is 19.0 Å². The van der Waals surface area contributed by atoms with Crippen molar-refractivity contribution in [3.05, 3.63) is 12.2 Å². The molecule has 0 spiro atoms. The second-order valence-electron chi connectivity index (χ2n) is 8.43. The first-order valence-electron chi connectivity index (χ1n) is 9.28. The Balaban J connectivity index is 2.58. The van der Waals surface area contributed by atoms with Gasteiger partial charge in [-0.25, -0.2) is 0 Å². The molecule has 0 bridgehead atoms. The summed E-state index contributed by atoms with van der Waals surface area (Å²) in [5.74, 6) is 0.326. The fourth-order valence-electron chi connectivity index (χ4n) is 2.82. The summed E-state index contributed by atoms with van der Waals surface area (Å²) in [5.41, 5.74) is 0. The zero-order chi connectivity index (χ0) is 18.2. The molecule has 0 aromatic carbocycles. The number of hydrogen-bond acceptors (Lipinski definition) is 4. The van der Waals surface area contributed by atoms with Crippen molar-refractivity contribution in [3.63, 3.8) is 0 Å². The molecule has 0 aromatic rings. The van der Waals surface area contributed by atoms with Crippen molar-refractivity contribution in [2.45, 2.75) is 83.2 Å². The van der Waals surface area contributed by atoms with Gasteiger partial charge >= 0.3 is 0 Å². The van der Waals surface area contributed by atoms with Gasteiger partial charge in [-0.1, -0.05) is 52.2 Å². The van der Waals surface area contributed by atoms with Crippen LogP contribution in [0.25, 0.3) is 0 Å². The van der Waals surface area contributed by atoms with E-state index in [9.17, 15) is 5.11 Å². The molecule has 5 heteroatoms. The van der Waals surface area contributed by atoms with Crippen LogP contribution in [0.3, 0.4) is 0 Å². The molecule has 0 amide bonds. The molecule has 1 fully saturated rings. The van der Waals surface area contributed by atoms with Crippen LogP contribution in [-0.4, -0.2) is 46.1 Å². The zero-order valence-electron chi connectivity index (χ0n) is 16.5. The van der Waals surface area contributed by atoms with Gasteiger partial charge < -0.3 is 19.0 Å². The maximum Gasteiger partial charge on any atom is 0.192 e. The van der Waals surface area contributed by atoms with E-state index in [-0.39, 0.29) is 17.9 Å². The standard InChI is InChI=1S/C19H38O4Si/c1-19(2,3)24(5,6)23-14-10-13-17(22-15-21-4)18(20)16-11-8-7-9-12-16/h10,13,16-18,20H,7-9,11-12,14-15H2,1-6H3/b13-10+/t17-,18+/m1/s1. The third-order valence-corrected chi connectivity index (χ3v) is 10.0. The second-order valence-corrected chi connectivity index (χ2v) is 13.2. The van der Waals surface area contributed by atoms with Crippen LogP contribution in [0.1, 0.15) is 52.9 Å². The topological polar surface area (TPSA) is 47.9 Å². The molecule has 1 N–H and O–H groups in total. The van der Waals surface area contributed by atoms with Crippen molar-refractivity contribution in [1.29, 1.82) is 0 Å². The first-order valence-corrected chi connectivity index (χ1v) is 12.2. The maximum atomic E-state index is 10.7. The summed E-state index contributed by atoms with van der Waals surface area (Å²) in [6, 6.07) is 0. The number of aliphatic hydroxyl groups excluding tert-OH is 1. The highest BCUT2D eigenvalue weighted by Crippen LogP contribution is 2.36. The molecule has 0 aromatic heterocycles. The summed E-state index contributed by atoms with van der Waals surface area (Å²) in [5, 5.41) is 10.9. The van der Waals surface area contributed by atoms with Crippen molar-refractivity contribution in [2.24, 2.45) is 5.92 Å². The van der Waals surface area contributed by atoms with E-state index in [4.69, 9.17) is 13.9 Å². The van der Waals surface area contributed by atoms with Crippen LogP contribution in [0.4, 0.5) is 0 Å². The van der Waals surface area contributed by atoms with E-state index in [0.29, 0.717) is 12.5 Å². The number of rotatable bonds is 9. The second kappa shape index (κ2) is 10.1. The van der Waals surface area contributed by atoms with Crippen molar-refractivity contribution >= 4 is 8.32 Å². The van der Waals surface area contributed by atoms with E-state index in [1.165, 1.54) is 19.3 Å². The van der Waals surface area contributed by atoms with E-state index >= 15 is 0 Å². The van der Waals surface area contributed by atoms with Gasteiger partial charge in [0.2, 0.25) is 0 Å². The smallest absolute Gasteiger partial charge is 0.192 e. The molecular formula is C19H38O4Si. The quantitative estimate of drug-likeness (QED) is 0.375. The first-order chi connectivity index (χ1) is 11.2. The Bertz CT molecular complexity index is 370. The van der Waals surface area contributed by atoms with Crippen molar-refractivity contribution in [1.82, 2.24) is 0 Å². The molecule has 1 saturated carbocycles. The van der Waals surface area contributed by atoms with Gasteiger partial charge in [0, 0.05) is 7.11 Å². The molecule has 4 nitrogen and oxygen atoms in total. The summed E-state index contributed by atoms with van der Waals surface area (Å²) >= 11 is 0. The van der Waals surface area contributed by atoms with Gasteiger partial charge in [0.25, 0.3) is 0 Å². The van der Waals surface area contributed by atoms with Crippen LogP contribution in [0.5, 0.6) is 0 Å². The SMILES string of the molecule is COCO[C@H](/C=C/CO[Si](C)(C)C(C)(C)C)[C@@H](O)C1CCCCC1. The van der Waals surface area contributed by atoms with Crippen molar-refractivity contribution in [3.8, 4) is 0 Å². The van der Waals surface area contributed by atoms with Crippen LogP contribution < -0.4 is 0 Å². The zero-order valence-corrected chi connectivity index (χ0v) is 17.5. The predicted molar refractivity (Wildman–Crippen MR) is 102 cm³/mol. The lowest BCUT2D eigenvalue weighted by atomic mass is 9.83. The lowest BCUT2D eigenvalue weighted by Gasteiger charge is -2.35. The van der Waals surface area contributed by atoms with E-state index in [1.807, 2.05) is 12.2 Å². The largest absolute Gasteiger partial charge is 0.413 e. The number of methoxy groups -OCH3 is 1. The van der Waals surface area contributed by atoms with E-state index in [2.05, 4.69) is 33.9 Å². The molecule has 1 rings (SSSR count). The summed E-state index contributed by atoms with van der Waals surface area (Å²) in [6.07, 6.45) is 9.01. The van der Waals surface area contributed by atoms with Gasteiger partial charge in [-0.15, -0.1) is 0 Å². The summed E-state index contributed by atoms with van der Waals surface area (Å²) in [4.78, 5) is 0. The third-order valence-electron chi connectivity index (χ3n) is 5.52. The molecular weight excluding hydrogens is 320 g/mol. The Labute approximate surface area is 149 Å². The Hall–Kier alpha value is -0.203. The van der Waals surface area contributed by atoms with Gasteiger partial charge in [0.05, 0.1) is 12.7 Å². The van der Waals surface area contributed by atoms with Crippen LogP contribution in [-0.2, 0) is 13.9 Å². The molecule has 1 aliphatic carbocycles. The lowest BCUT2D eigenvalue weighted by Crippen LogP contribution is -2.40. The van der Waals surface area contributed by atoms with Crippen LogP contribution in [0, 0.1) is 5.92 Å². The average Bonchev–Trinajstić information content (AvgIpc) is 2.53. The van der Waals surface area contributed by atoms with Gasteiger partial charge in [-0.3, -0.25) is 0 Å². The highest BCUT2D eigenvalue weighted by molar-refractivity contribution is 6.74. The molecule has 0 heterocycles. The van der Waals surface area contributed by atoms with Crippen LogP contribution in [0.2, 0.25) is 18.1 Å². The minimum absolute atomic E-state index is 0.196. The molecule has 2 atom stereocenters. The van der Waals surface area contributed by atoms with E-state index < -0.39 is 14.4 Å². The fraction of sp³-hybridized carbons (Fsp3) is 0.895. The Morgan fingerprint density at radius 3 is 2.33 bits per heavy atom. The summed E-state index contributed by atoms with van der Waals surface area (Å²) in [7, 11) is -0.136. The predicted octanol–water partition coefficient (Wildman–Crippen LogP) is 4.49. The minimum atomic E-state index is -1.74. The average molecular weight is 359 g/mol. The number of aliphatic hydroxyl groups is 1. The normalized spacial score (nSPS) is 20.5. The van der Waals surface area contributed by atoms with Gasteiger partial charge in [-0.05, 0) is 36.9 Å². The monoisotopic (exact) mass is 358 g/mol. The molecule has 0 radical (unpaired) electrons. The lowest BCUT2D eigenvalue weighted by molar-refractivity contribution is -0.109. The van der Waals surface area contributed by atoms with Crippen LogP contribution in [0.15, 0.2) is 12.2 Å². The van der Waals surface area contributed by atoms with Gasteiger partial charge in [-0.2, -0.15) is 0 Å². The molecule has 0 saturated heterocycles.